The van der Waals surface area contributed by atoms with Crippen LogP contribution in [0.3, 0.4) is 0 Å². The molecule has 5 aliphatic carbocycles. The molecule has 0 amide bonds. The van der Waals surface area contributed by atoms with Gasteiger partial charge < -0.3 is 44.3 Å². The standard InChI is InChI=1S/C42H50FN3O11/c1-22-18-45(14-13-44-22)34-29(43)16-26-33(36(34)55-4)46(19-27(35(26)50)37(51)52)41(11-12-41)21-57-38(53)56-20-31(49)42(54)10-8-28-25-6-5-23-15-24(47)7-9-39(23,2)32(25)30(48)17-40(28,42)3/h7,9,15-16,19,22,25,28,30,32,44,48,54H,5-6,8,10-14,17-18,20-21H2,1-4H3,(H,51,52)/t22?,25-,28-,30-,32?,39-,40-,42-/m1/s1. The summed E-state index contributed by atoms with van der Waals surface area (Å²) in [7, 11) is 1.35. The molecule has 0 radical (unpaired) electrons. The van der Waals surface area contributed by atoms with E-state index in [9.17, 15) is 39.3 Å². The van der Waals surface area contributed by atoms with Crippen LogP contribution in [0.2, 0.25) is 0 Å². The van der Waals surface area contributed by atoms with Crippen LogP contribution in [-0.2, 0) is 24.6 Å². The van der Waals surface area contributed by atoms with Gasteiger partial charge in [0.05, 0.1) is 29.7 Å². The first-order chi connectivity index (χ1) is 27.0. The molecule has 1 aromatic carbocycles. The Balaban J connectivity index is 1.000. The van der Waals surface area contributed by atoms with E-state index in [0.29, 0.717) is 45.3 Å². The average Bonchev–Trinajstić information content (AvgIpc) is 3.90. The van der Waals surface area contributed by atoms with Crippen molar-refractivity contribution >= 4 is 40.3 Å². The minimum atomic E-state index is -1.87. The van der Waals surface area contributed by atoms with Gasteiger partial charge in [0.2, 0.25) is 11.2 Å². The second kappa shape index (κ2) is 13.8. The summed E-state index contributed by atoms with van der Waals surface area (Å²) in [6.07, 6.45) is 7.33. The number of rotatable bonds is 9. The number of aromatic carboxylic acids is 1. The first-order valence-electron chi connectivity index (χ1n) is 19.8. The fourth-order valence-electron chi connectivity index (χ4n) is 11.4. The SMILES string of the molecule is COc1c(N2CCNC(C)C2)c(F)cc2c(=O)c(C(=O)O)cn(C3(COC(=O)OCC(=O)[C@]4(O)CC[C@@H]5[C@H]6CCC7=CC(=O)C=C[C@@]7(C)C6[C@H](O)C[C@]54C)CC3)c12. The number of hydrogen-bond donors (Lipinski definition) is 4. The van der Waals surface area contributed by atoms with Crippen molar-refractivity contribution in [2.75, 3.05) is 44.9 Å². The number of ether oxygens (including phenoxy) is 3. The number of piperazine rings is 1. The lowest BCUT2D eigenvalue weighted by Crippen LogP contribution is -2.61. The maximum atomic E-state index is 15.9. The number of aliphatic hydroxyl groups is 2. The van der Waals surface area contributed by atoms with Gasteiger partial charge in [0.1, 0.15) is 23.5 Å². The number of carboxylic acid groups (broad SMARTS) is 1. The number of fused-ring (bicyclic) bond motifs is 6. The number of pyridine rings is 1. The Bertz CT molecular complexity index is 2200. The lowest BCUT2D eigenvalue weighted by molar-refractivity contribution is -0.179. The number of aliphatic hydroxyl groups excluding tert-OH is 1. The number of anilines is 1. The molecule has 5 fully saturated rings. The van der Waals surface area contributed by atoms with Crippen LogP contribution >= 0.6 is 0 Å². The van der Waals surface area contributed by atoms with Crippen molar-refractivity contribution < 1.29 is 53.1 Å². The average molecular weight is 792 g/mol. The minimum absolute atomic E-state index is 0.00119. The number of halogens is 1. The van der Waals surface area contributed by atoms with E-state index >= 15 is 4.39 Å². The summed E-state index contributed by atoms with van der Waals surface area (Å²) in [5, 5.41) is 36.8. The van der Waals surface area contributed by atoms with E-state index in [4.69, 9.17) is 14.2 Å². The first-order valence-corrected chi connectivity index (χ1v) is 19.8. The normalized spacial score (nSPS) is 33.8. The highest BCUT2D eigenvalue weighted by Crippen LogP contribution is 2.67. The lowest BCUT2D eigenvalue weighted by Gasteiger charge is -2.59. The molecule has 2 unspecified atom stereocenters. The second-order valence-electron chi connectivity index (χ2n) is 17.6. The number of carboxylic acids is 1. The monoisotopic (exact) mass is 791 g/mol. The van der Waals surface area contributed by atoms with Gasteiger partial charge in [-0.1, -0.05) is 25.5 Å². The molecule has 4 saturated carbocycles. The van der Waals surface area contributed by atoms with Gasteiger partial charge in [-0.25, -0.2) is 14.0 Å². The summed E-state index contributed by atoms with van der Waals surface area (Å²) in [6, 6.07) is 1.07. The number of carbonyl (C=O) groups is 4. The minimum Gasteiger partial charge on any atom is -0.492 e. The third kappa shape index (κ3) is 6.02. The van der Waals surface area contributed by atoms with Crippen molar-refractivity contribution in [3.63, 3.8) is 0 Å². The van der Waals surface area contributed by atoms with Crippen molar-refractivity contribution in [2.24, 2.45) is 28.6 Å². The van der Waals surface area contributed by atoms with Crippen LogP contribution < -0.4 is 20.4 Å². The van der Waals surface area contributed by atoms with Crippen LogP contribution in [0, 0.1) is 34.4 Å². The summed E-state index contributed by atoms with van der Waals surface area (Å²) in [5.74, 6) is -3.22. The maximum Gasteiger partial charge on any atom is 0.508 e. The predicted octanol–water partition coefficient (Wildman–Crippen LogP) is 3.87. The van der Waals surface area contributed by atoms with Crippen molar-refractivity contribution in [3.05, 3.63) is 57.7 Å². The van der Waals surface area contributed by atoms with Crippen LogP contribution in [-0.4, -0.2) is 101 Å². The number of carbonyl (C=O) groups excluding carboxylic acids is 3. The molecule has 0 bridgehead atoms. The van der Waals surface area contributed by atoms with E-state index in [1.165, 1.54) is 17.9 Å². The summed E-state index contributed by atoms with van der Waals surface area (Å²) in [4.78, 5) is 66.6. The van der Waals surface area contributed by atoms with Gasteiger partial charge >= 0.3 is 12.1 Å². The molecular formula is C42H50FN3O11. The molecule has 1 aliphatic heterocycles. The van der Waals surface area contributed by atoms with E-state index < -0.39 is 69.4 Å². The summed E-state index contributed by atoms with van der Waals surface area (Å²) < 4.78 is 34.0. The molecule has 2 heterocycles. The Morgan fingerprint density at radius 3 is 2.54 bits per heavy atom. The Morgan fingerprint density at radius 1 is 1.11 bits per heavy atom. The zero-order valence-electron chi connectivity index (χ0n) is 32.6. The number of nitrogens with zero attached hydrogens (tertiary/aromatic N) is 2. The third-order valence-corrected chi connectivity index (χ3v) is 14.5. The second-order valence-corrected chi connectivity index (χ2v) is 17.6. The number of methoxy groups -OCH3 is 1. The van der Waals surface area contributed by atoms with E-state index in [2.05, 4.69) is 12.2 Å². The van der Waals surface area contributed by atoms with E-state index in [1.54, 1.807) is 12.2 Å². The quantitative estimate of drug-likeness (QED) is 0.268. The van der Waals surface area contributed by atoms with Gasteiger partial charge in [-0.15, -0.1) is 0 Å². The zero-order chi connectivity index (χ0) is 40.8. The molecule has 1 aromatic heterocycles. The van der Waals surface area contributed by atoms with E-state index in [1.807, 2.05) is 24.8 Å². The van der Waals surface area contributed by atoms with Gasteiger partial charge in [-0.3, -0.25) is 14.4 Å². The van der Waals surface area contributed by atoms with Crippen LogP contribution in [0.15, 0.2) is 40.9 Å². The van der Waals surface area contributed by atoms with E-state index in [0.717, 1.165) is 18.1 Å². The number of benzene rings is 1. The molecule has 57 heavy (non-hydrogen) atoms. The summed E-state index contributed by atoms with van der Waals surface area (Å²) in [6.45, 7) is 6.22. The van der Waals surface area contributed by atoms with Crippen molar-refractivity contribution in [1.29, 1.82) is 0 Å². The van der Waals surface area contributed by atoms with Crippen molar-refractivity contribution in [3.8, 4) is 5.75 Å². The smallest absolute Gasteiger partial charge is 0.492 e. The van der Waals surface area contributed by atoms with Crippen molar-refractivity contribution in [1.82, 2.24) is 9.88 Å². The Hall–Kier alpha value is -4.60. The molecule has 1 saturated heterocycles. The molecule has 0 spiro atoms. The molecule has 8 rings (SSSR count). The zero-order valence-corrected chi connectivity index (χ0v) is 32.6. The van der Waals surface area contributed by atoms with Gasteiger partial charge in [-0.2, -0.15) is 0 Å². The third-order valence-electron chi connectivity index (χ3n) is 14.5. The van der Waals surface area contributed by atoms with Crippen molar-refractivity contribution in [2.45, 2.75) is 89.0 Å². The maximum absolute atomic E-state index is 15.9. The van der Waals surface area contributed by atoms with Crippen LogP contribution in [0.4, 0.5) is 14.9 Å². The van der Waals surface area contributed by atoms with Gasteiger partial charge in [0.15, 0.2) is 24.0 Å². The fourth-order valence-corrected chi connectivity index (χ4v) is 11.4. The van der Waals surface area contributed by atoms with Crippen LogP contribution in [0.25, 0.3) is 10.9 Å². The molecule has 8 atom stereocenters. The number of aromatic nitrogens is 1. The number of hydrogen-bond acceptors (Lipinski definition) is 12. The number of Topliss-reactive ketones (excluding diaryl/α,β-unsaturated/α-hetero) is 1. The molecular weight excluding hydrogens is 741 g/mol. The van der Waals surface area contributed by atoms with E-state index in [-0.39, 0.29) is 71.4 Å². The van der Waals surface area contributed by atoms with Gasteiger partial charge in [0.25, 0.3) is 0 Å². The topological polar surface area (TPSA) is 194 Å². The van der Waals surface area contributed by atoms with Crippen LogP contribution in [0.1, 0.15) is 76.1 Å². The van der Waals surface area contributed by atoms with Gasteiger partial charge in [0, 0.05) is 48.6 Å². The number of ketones is 2. The number of nitrogens with one attached hydrogen (secondary N) is 1. The molecule has 4 N–H and O–H groups in total. The van der Waals surface area contributed by atoms with Gasteiger partial charge in [-0.05, 0) is 81.9 Å². The Kier molecular flexibility index (Phi) is 9.47. The Labute approximate surface area is 328 Å². The molecule has 15 heteroatoms. The predicted molar refractivity (Wildman–Crippen MR) is 204 cm³/mol. The highest BCUT2D eigenvalue weighted by molar-refractivity contribution is 6.01. The largest absolute Gasteiger partial charge is 0.508 e. The highest BCUT2D eigenvalue weighted by atomic mass is 19.1. The highest BCUT2D eigenvalue weighted by Gasteiger charge is 2.68. The van der Waals surface area contributed by atoms with Crippen LogP contribution in [0.5, 0.6) is 5.75 Å². The lowest BCUT2D eigenvalue weighted by atomic mass is 9.46. The fraction of sp³-hybridized carbons (Fsp3) is 0.595. The molecule has 306 valence electrons. The molecule has 14 nitrogen and oxygen atoms in total. The summed E-state index contributed by atoms with van der Waals surface area (Å²) in [5.41, 5.74) is -4.58. The summed E-state index contributed by atoms with van der Waals surface area (Å²) >= 11 is 0. The number of allylic oxidation sites excluding steroid dienone is 4. The first kappa shape index (κ1) is 39.2. The molecule has 2 aromatic rings. The molecule has 6 aliphatic rings. The Morgan fingerprint density at radius 2 is 1.86 bits per heavy atom.